The molecule has 0 aliphatic rings. The number of amides is 2. The van der Waals surface area contributed by atoms with Crippen molar-refractivity contribution in [1.29, 1.82) is 10.8 Å². The highest BCUT2D eigenvalue weighted by molar-refractivity contribution is 5.97. The number of nitrogens with two attached hydrogens (primary N) is 3. The van der Waals surface area contributed by atoms with Gasteiger partial charge in [0.15, 0.2) is 11.5 Å². The smallest absolute Gasteiger partial charge is 0.313 e. The van der Waals surface area contributed by atoms with Crippen LogP contribution in [0.2, 0.25) is 0 Å². The molecule has 25 heavy (non-hydrogen) atoms. The van der Waals surface area contributed by atoms with Crippen LogP contribution in [-0.4, -0.2) is 17.8 Å². The minimum atomic E-state index is -1.81. The molecule has 1 atom stereocenters. The van der Waals surface area contributed by atoms with E-state index in [1.165, 1.54) is 6.07 Å². The van der Waals surface area contributed by atoms with Crippen LogP contribution in [0.1, 0.15) is 12.5 Å². The second-order valence-corrected chi connectivity index (χ2v) is 5.21. The van der Waals surface area contributed by atoms with Gasteiger partial charge >= 0.3 is 6.03 Å². The molecule has 0 bridgehead atoms. The van der Waals surface area contributed by atoms with Gasteiger partial charge in [0.05, 0.1) is 1.37 Å². The van der Waals surface area contributed by atoms with Crippen LogP contribution in [0.5, 0.6) is 0 Å². The lowest BCUT2D eigenvalue weighted by atomic mass is 9.78. The summed E-state index contributed by atoms with van der Waals surface area (Å²) in [5, 5.41) is 21.0. The van der Waals surface area contributed by atoms with Crippen molar-refractivity contribution in [3.63, 3.8) is 0 Å². The van der Waals surface area contributed by atoms with E-state index in [0.717, 1.165) is 0 Å². The van der Waals surface area contributed by atoms with Crippen molar-refractivity contribution in [1.82, 2.24) is 10.6 Å². The molecule has 129 valence electrons. The molecule has 2 rings (SSSR count). The Balaban J connectivity index is 2.81. The molecule has 0 saturated carbocycles. The maximum absolute atomic E-state index is 11.8. The van der Waals surface area contributed by atoms with E-state index in [2.05, 4.69) is 10.6 Å². The number of hydrogen-bond donors (Lipinski definition) is 7. The highest BCUT2D eigenvalue weighted by atomic mass is 16.2. The summed E-state index contributed by atoms with van der Waals surface area (Å²) in [6.07, 6.45) is 0. The van der Waals surface area contributed by atoms with Crippen LogP contribution < -0.4 is 27.8 Å². The zero-order valence-corrected chi connectivity index (χ0v) is 13.3. The monoisotopic (exact) mass is 339 g/mol. The summed E-state index contributed by atoms with van der Waals surface area (Å²) in [5.41, 5.74) is 15.7. The minimum Gasteiger partial charge on any atom is -0.385 e. The van der Waals surface area contributed by atoms with E-state index in [9.17, 15) is 4.79 Å². The van der Waals surface area contributed by atoms with E-state index >= 15 is 0 Å². The zero-order chi connectivity index (χ0) is 19.3. The Morgan fingerprint density at radius 2 is 1.60 bits per heavy atom. The summed E-state index contributed by atoms with van der Waals surface area (Å²) in [6.45, 7) is 0. The fourth-order valence-electron chi connectivity index (χ4n) is 2.54. The second-order valence-electron chi connectivity index (χ2n) is 5.21. The number of benzene rings is 2. The van der Waals surface area contributed by atoms with Crippen LogP contribution in [0.15, 0.2) is 60.6 Å². The number of nitrogens with one attached hydrogen (secondary N) is 4. The standard InChI is InChI=1S/C17H20N7O/c18-14(19)17(24-16(22)25,12-9-5-2-6-10-12)13(23-15(20)21)11-7-3-1-4-8-11/h1-10H,(H3,18,19)(H4,20,21,23)(H3,22,24,25)/i9D. The molecule has 0 saturated heterocycles. The molecule has 10 N–H and O–H groups in total. The van der Waals surface area contributed by atoms with Gasteiger partial charge in [0, 0.05) is 0 Å². The van der Waals surface area contributed by atoms with Gasteiger partial charge in [-0.25, -0.2) is 4.79 Å². The molecule has 0 aliphatic heterocycles. The van der Waals surface area contributed by atoms with E-state index in [4.69, 9.17) is 29.4 Å². The van der Waals surface area contributed by atoms with E-state index < -0.39 is 23.4 Å². The number of rotatable bonds is 6. The third-order valence-corrected chi connectivity index (χ3v) is 3.52. The Labute approximate surface area is 146 Å². The minimum absolute atomic E-state index is 0.0234. The predicted octanol–water partition coefficient (Wildman–Crippen LogP) is 0.550. The summed E-state index contributed by atoms with van der Waals surface area (Å²) in [7, 11) is 0. The van der Waals surface area contributed by atoms with Crippen molar-refractivity contribution in [2.24, 2.45) is 17.2 Å². The first-order valence-corrected chi connectivity index (χ1v) is 7.31. The molecular formula is C17H20N7O. The SMILES string of the molecule is [2H]c1ccccc1C(NC(N)=O)([C](NC(=N)N)c1ccccc1)C(=N)N. The first-order valence-electron chi connectivity index (χ1n) is 7.81. The Hall–Kier alpha value is -3.55. The van der Waals surface area contributed by atoms with Crippen molar-refractivity contribution in [2.75, 3.05) is 0 Å². The molecule has 2 aromatic carbocycles. The van der Waals surface area contributed by atoms with Gasteiger partial charge in [0.1, 0.15) is 11.9 Å². The first kappa shape index (κ1) is 16.3. The summed E-state index contributed by atoms with van der Waals surface area (Å²) < 4.78 is 8.23. The van der Waals surface area contributed by atoms with E-state index in [1.54, 1.807) is 48.5 Å². The summed E-state index contributed by atoms with van der Waals surface area (Å²) in [5.74, 6) is -0.924. The van der Waals surface area contributed by atoms with Gasteiger partial charge in [0.2, 0.25) is 0 Å². The Morgan fingerprint density at radius 3 is 2.12 bits per heavy atom. The average Bonchev–Trinajstić information content (AvgIpc) is 2.58. The first-order chi connectivity index (χ1) is 12.3. The number of carbonyl (C=O) groups excluding carboxylic acids is 1. The van der Waals surface area contributed by atoms with Crippen LogP contribution >= 0.6 is 0 Å². The van der Waals surface area contributed by atoms with Gasteiger partial charge in [-0.2, -0.15) is 0 Å². The fourth-order valence-corrected chi connectivity index (χ4v) is 2.54. The zero-order valence-electron chi connectivity index (χ0n) is 14.3. The van der Waals surface area contributed by atoms with E-state index in [-0.39, 0.29) is 17.6 Å². The average molecular weight is 339 g/mol. The predicted molar refractivity (Wildman–Crippen MR) is 96.6 cm³/mol. The van der Waals surface area contributed by atoms with Gasteiger partial charge < -0.3 is 27.8 Å². The van der Waals surface area contributed by atoms with E-state index in [0.29, 0.717) is 5.56 Å². The normalized spacial score (nSPS) is 13.4. The maximum Gasteiger partial charge on any atom is 0.313 e. The largest absolute Gasteiger partial charge is 0.385 e. The van der Waals surface area contributed by atoms with Gasteiger partial charge in [-0.1, -0.05) is 60.6 Å². The molecule has 1 unspecified atom stereocenters. The number of carbonyl (C=O) groups is 1. The number of urea groups is 1. The molecule has 8 nitrogen and oxygen atoms in total. The van der Waals surface area contributed by atoms with Crippen LogP contribution in [0.25, 0.3) is 0 Å². The van der Waals surface area contributed by atoms with Gasteiger partial charge in [0.25, 0.3) is 0 Å². The second kappa shape index (κ2) is 7.35. The molecule has 0 fully saturated rings. The summed E-state index contributed by atoms with van der Waals surface area (Å²) in [4.78, 5) is 11.8. The van der Waals surface area contributed by atoms with Crippen molar-refractivity contribution < 1.29 is 6.17 Å². The molecular weight excluding hydrogens is 318 g/mol. The molecule has 0 spiro atoms. The molecule has 0 aromatic heterocycles. The molecule has 1 radical (unpaired) electrons. The Kier molecular flexibility index (Phi) is 4.79. The number of primary amides is 1. The highest BCUT2D eigenvalue weighted by Gasteiger charge is 2.47. The van der Waals surface area contributed by atoms with Crippen LogP contribution in [-0.2, 0) is 5.54 Å². The highest BCUT2D eigenvalue weighted by Crippen LogP contribution is 2.34. The van der Waals surface area contributed by atoms with Crippen molar-refractivity contribution in [3.8, 4) is 0 Å². The molecule has 2 amide bonds. The number of amidine groups is 1. The van der Waals surface area contributed by atoms with Crippen molar-refractivity contribution >= 4 is 17.8 Å². The third-order valence-electron chi connectivity index (χ3n) is 3.52. The number of guanidine groups is 1. The quantitative estimate of drug-likeness (QED) is 0.301. The van der Waals surface area contributed by atoms with Crippen LogP contribution in [0.3, 0.4) is 0 Å². The summed E-state index contributed by atoms with van der Waals surface area (Å²) in [6, 6.07) is 14.2. The molecule has 0 aliphatic carbocycles. The lowest BCUT2D eigenvalue weighted by Gasteiger charge is -2.40. The summed E-state index contributed by atoms with van der Waals surface area (Å²) >= 11 is 0. The third kappa shape index (κ3) is 3.69. The van der Waals surface area contributed by atoms with Crippen molar-refractivity contribution in [2.45, 2.75) is 5.54 Å². The topological polar surface area (TPSA) is 167 Å². The van der Waals surface area contributed by atoms with Gasteiger partial charge in [-0.05, 0) is 11.1 Å². The fraction of sp³-hybridized carbons (Fsp3) is 0.0588. The van der Waals surface area contributed by atoms with Crippen LogP contribution in [0.4, 0.5) is 4.79 Å². The van der Waals surface area contributed by atoms with Crippen molar-refractivity contribution in [3.05, 3.63) is 77.8 Å². The lowest BCUT2D eigenvalue weighted by Crippen LogP contribution is -2.63. The van der Waals surface area contributed by atoms with Crippen LogP contribution in [0, 0.1) is 16.9 Å². The molecule has 8 heteroatoms. The maximum atomic E-state index is 11.8. The molecule has 2 aromatic rings. The van der Waals surface area contributed by atoms with Gasteiger partial charge in [-0.3, -0.25) is 10.8 Å². The van der Waals surface area contributed by atoms with E-state index in [1.807, 2.05) is 0 Å². The van der Waals surface area contributed by atoms with Gasteiger partial charge in [-0.15, -0.1) is 0 Å². The molecule has 0 heterocycles. The Bertz CT molecular complexity index is 827. The number of hydrogen-bond acceptors (Lipinski definition) is 3. The Morgan fingerprint density at radius 1 is 1.00 bits per heavy atom. The lowest BCUT2D eigenvalue weighted by molar-refractivity contribution is 0.242.